The minimum atomic E-state index is -1.05. The molecule has 6 nitrogen and oxygen atoms in total. The summed E-state index contributed by atoms with van der Waals surface area (Å²) in [6.07, 6.45) is 0. The fourth-order valence-corrected chi connectivity index (χ4v) is 2.13. The van der Waals surface area contributed by atoms with Crippen molar-refractivity contribution < 1.29 is 19.1 Å². The molecule has 0 radical (unpaired) electrons. The topological polar surface area (TPSA) is 85.5 Å². The molecule has 90 valence electrons. The molecule has 0 spiro atoms. The monoisotopic (exact) mass is 274 g/mol. The second-order valence-corrected chi connectivity index (χ2v) is 4.31. The minimum absolute atomic E-state index is 0.0394. The van der Waals surface area contributed by atoms with Crippen molar-refractivity contribution in [3.8, 4) is 10.8 Å². The van der Waals surface area contributed by atoms with Crippen molar-refractivity contribution >= 4 is 28.9 Å². The molecule has 0 unspecified atom stereocenters. The molecule has 0 saturated heterocycles. The number of halogens is 1. The lowest BCUT2D eigenvalue weighted by molar-refractivity contribution is -0.142. The Morgan fingerprint density at radius 1 is 1.59 bits per heavy atom. The smallest absolute Gasteiger partial charge is 0.329 e. The van der Waals surface area contributed by atoms with E-state index < -0.39 is 12.6 Å². The van der Waals surface area contributed by atoms with Crippen molar-refractivity contribution in [2.24, 2.45) is 0 Å². The zero-order valence-electron chi connectivity index (χ0n) is 8.42. The van der Waals surface area contributed by atoms with Gasteiger partial charge in [-0.05, 0) is 11.4 Å². The number of aliphatic carboxylic acids is 1. The third kappa shape index (κ3) is 3.02. The molecule has 0 bridgehead atoms. The van der Waals surface area contributed by atoms with Gasteiger partial charge in [0.25, 0.3) is 5.89 Å². The number of thiophene rings is 1. The van der Waals surface area contributed by atoms with E-state index in [1.54, 1.807) is 6.07 Å². The van der Waals surface area contributed by atoms with Crippen LogP contribution in [-0.4, -0.2) is 27.9 Å². The number of nitrogens with zero attached hydrogens (tertiary/aromatic N) is 2. The van der Waals surface area contributed by atoms with Crippen molar-refractivity contribution in [2.75, 3.05) is 6.61 Å². The second kappa shape index (κ2) is 5.26. The number of hydrogen-bond donors (Lipinski definition) is 1. The predicted octanol–water partition coefficient (Wildman–Crippen LogP) is 2.05. The van der Waals surface area contributed by atoms with Gasteiger partial charge < -0.3 is 14.3 Å². The fourth-order valence-electron chi connectivity index (χ4n) is 1.08. The Balaban J connectivity index is 2.01. The first-order valence-electron chi connectivity index (χ1n) is 4.52. The SMILES string of the molecule is O=C(O)COCc1nnc(-c2sccc2Cl)o1. The van der Waals surface area contributed by atoms with Crippen LogP contribution in [0.15, 0.2) is 15.9 Å². The Bertz CT molecular complexity index is 525. The highest BCUT2D eigenvalue weighted by Crippen LogP contribution is 2.32. The molecule has 0 aliphatic carbocycles. The van der Waals surface area contributed by atoms with E-state index in [-0.39, 0.29) is 12.5 Å². The van der Waals surface area contributed by atoms with Crippen molar-refractivity contribution in [1.29, 1.82) is 0 Å². The number of ether oxygens (including phenoxy) is 1. The summed E-state index contributed by atoms with van der Waals surface area (Å²) < 4.78 is 10.1. The molecule has 0 aliphatic heterocycles. The molecule has 2 heterocycles. The summed E-state index contributed by atoms with van der Waals surface area (Å²) in [7, 11) is 0. The Hall–Kier alpha value is -1.44. The molecule has 0 aromatic carbocycles. The quantitative estimate of drug-likeness (QED) is 0.898. The number of rotatable bonds is 5. The van der Waals surface area contributed by atoms with Crippen LogP contribution in [0, 0.1) is 0 Å². The van der Waals surface area contributed by atoms with Gasteiger partial charge in [-0.15, -0.1) is 21.5 Å². The summed E-state index contributed by atoms with van der Waals surface area (Å²) in [4.78, 5) is 10.9. The number of hydrogen-bond acceptors (Lipinski definition) is 6. The summed E-state index contributed by atoms with van der Waals surface area (Å²) in [6, 6.07) is 1.73. The first-order valence-corrected chi connectivity index (χ1v) is 5.78. The largest absolute Gasteiger partial charge is 0.480 e. The molecule has 1 N–H and O–H groups in total. The minimum Gasteiger partial charge on any atom is -0.480 e. The van der Waals surface area contributed by atoms with Crippen molar-refractivity contribution in [3.05, 3.63) is 22.4 Å². The van der Waals surface area contributed by atoms with E-state index in [2.05, 4.69) is 10.2 Å². The molecule has 2 rings (SSSR count). The molecule has 0 atom stereocenters. The summed E-state index contributed by atoms with van der Waals surface area (Å²) >= 11 is 7.28. The van der Waals surface area contributed by atoms with Gasteiger partial charge in [-0.25, -0.2) is 4.79 Å². The lowest BCUT2D eigenvalue weighted by Crippen LogP contribution is -2.06. The lowest BCUT2D eigenvalue weighted by atomic mass is 10.5. The van der Waals surface area contributed by atoms with Crippen LogP contribution in [0.5, 0.6) is 0 Å². The van der Waals surface area contributed by atoms with Gasteiger partial charge in [-0.3, -0.25) is 0 Å². The van der Waals surface area contributed by atoms with Crippen LogP contribution < -0.4 is 0 Å². The van der Waals surface area contributed by atoms with E-state index in [1.807, 2.05) is 5.38 Å². The third-order valence-corrected chi connectivity index (χ3v) is 3.06. The lowest BCUT2D eigenvalue weighted by Gasteiger charge is -1.94. The van der Waals surface area contributed by atoms with Gasteiger partial charge in [0.2, 0.25) is 5.89 Å². The van der Waals surface area contributed by atoms with E-state index in [4.69, 9.17) is 25.9 Å². The maximum atomic E-state index is 10.2. The predicted molar refractivity (Wildman–Crippen MR) is 59.9 cm³/mol. The van der Waals surface area contributed by atoms with Crippen LogP contribution in [0.4, 0.5) is 0 Å². The highest BCUT2D eigenvalue weighted by atomic mass is 35.5. The summed E-state index contributed by atoms with van der Waals surface area (Å²) in [6.45, 7) is -0.445. The van der Waals surface area contributed by atoms with Gasteiger partial charge >= 0.3 is 5.97 Å². The van der Waals surface area contributed by atoms with Crippen molar-refractivity contribution in [1.82, 2.24) is 10.2 Å². The molecule has 0 amide bonds. The van der Waals surface area contributed by atoms with Gasteiger partial charge in [0.1, 0.15) is 18.1 Å². The van der Waals surface area contributed by atoms with Gasteiger partial charge in [-0.2, -0.15) is 0 Å². The van der Waals surface area contributed by atoms with Gasteiger partial charge in [0, 0.05) is 0 Å². The summed E-state index contributed by atoms with van der Waals surface area (Å²) in [5.74, 6) is -0.532. The van der Waals surface area contributed by atoms with Crippen LogP contribution in [0.25, 0.3) is 10.8 Å². The van der Waals surface area contributed by atoms with E-state index in [9.17, 15) is 4.79 Å². The normalized spacial score (nSPS) is 10.6. The Morgan fingerprint density at radius 3 is 3.06 bits per heavy atom. The number of carboxylic acids is 1. The first kappa shape index (κ1) is 12.0. The van der Waals surface area contributed by atoms with Crippen LogP contribution in [0.3, 0.4) is 0 Å². The Labute approximate surface area is 105 Å². The number of carboxylic acid groups (broad SMARTS) is 1. The zero-order chi connectivity index (χ0) is 12.3. The standard InChI is InChI=1S/C9H7ClN2O4S/c10-5-1-2-17-8(5)9-12-11-6(16-9)3-15-4-7(13)14/h1-2H,3-4H2,(H,13,14). The number of carbonyl (C=O) groups is 1. The van der Waals surface area contributed by atoms with Crippen LogP contribution in [-0.2, 0) is 16.1 Å². The van der Waals surface area contributed by atoms with E-state index in [0.29, 0.717) is 15.8 Å². The summed E-state index contributed by atoms with van der Waals surface area (Å²) in [5.41, 5.74) is 0. The average molecular weight is 275 g/mol. The van der Waals surface area contributed by atoms with E-state index >= 15 is 0 Å². The molecular weight excluding hydrogens is 268 g/mol. The van der Waals surface area contributed by atoms with E-state index in [1.165, 1.54) is 11.3 Å². The first-order chi connectivity index (χ1) is 8.16. The van der Waals surface area contributed by atoms with Gasteiger partial charge in [0.05, 0.1) is 5.02 Å². The van der Waals surface area contributed by atoms with Crippen LogP contribution in [0.1, 0.15) is 5.89 Å². The Kier molecular flexibility index (Phi) is 3.72. The van der Waals surface area contributed by atoms with E-state index in [0.717, 1.165) is 0 Å². The zero-order valence-corrected chi connectivity index (χ0v) is 9.99. The average Bonchev–Trinajstić information content (AvgIpc) is 2.86. The maximum absolute atomic E-state index is 10.2. The Morgan fingerprint density at radius 2 is 2.41 bits per heavy atom. The van der Waals surface area contributed by atoms with Gasteiger partial charge in [0.15, 0.2) is 0 Å². The van der Waals surface area contributed by atoms with Crippen molar-refractivity contribution in [2.45, 2.75) is 6.61 Å². The summed E-state index contributed by atoms with van der Waals surface area (Å²) in [5, 5.41) is 18.2. The molecular formula is C9H7ClN2O4S. The van der Waals surface area contributed by atoms with Crippen molar-refractivity contribution in [3.63, 3.8) is 0 Å². The maximum Gasteiger partial charge on any atom is 0.329 e. The fraction of sp³-hybridized carbons (Fsp3) is 0.222. The molecule has 0 saturated carbocycles. The van der Waals surface area contributed by atoms with Crippen LogP contribution >= 0.6 is 22.9 Å². The highest BCUT2D eigenvalue weighted by Gasteiger charge is 2.13. The third-order valence-electron chi connectivity index (χ3n) is 1.73. The molecule has 2 aromatic heterocycles. The second-order valence-electron chi connectivity index (χ2n) is 2.99. The van der Waals surface area contributed by atoms with Gasteiger partial charge in [-0.1, -0.05) is 11.6 Å². The molecule has 0 aliphatic rings. The number of aromatic nitrogens is 2. The molecule has 17 heavy (non-hydrogen) atoms. The molecule has 0 fully saturated rings. The highest BCUT2D eigenvalue weighted by molar-refractivity contribution is 7.14. The molecule has 2 aromatic rings. The van der Waals surface area contributed by atoms with Crippen LogP contribution in [0.2, 0.25) is 5.02 Å². The molecule has 8 heteroatoms.